The second-order valence-electron chi connectivity index (χ2n) is 6.03. The molecule has 0 amide bonds. The summed E-state index contributed by atoms with van der Waals surface area (Å²) in [7, 11) is 0. The van der Waals surface area contributed by atoms with E-state index in [0.29, 0.717) is 12.5 Å². The maximum atomic E-state index is 9.35. The average Bonchev–Trinajstić information content (AvgIpc) is 3.10. The third-order valence-corrected chi connectivity index (χ3v) is 4.65. The van der Waals surface area contributed by atoms with Gasteiger partial charge >= 0.3 is 0 Å². The van der Waals surface area contributed by atoms with Crippen LogP contribution in [0.1, 0.15) is 50.2 Å². The molecule has 126 valence electrons. The van der Waals surface area contributed by atoms with Gasteiger partial charge in [-0.3, -0.25) is 0 Å². The summed E-state index contributed by atoms with van der Waals surface area (Å²) in [5.74, 6) is 1.27. The lowest BCUT2D eigenvalue weighted by atomic mass is 10.1. The van der Waals surface area contributed by atoms with Crippen LogP contribution < -0.4 is 10.6 Å². The van der Waals surface area contributed by atoms with E-state index in [9.17, 15) is 5.11 Å². The van der Waals surface area contributed by atoms with Gasteiger partial charge in [-0.1, -0.05) is 13.8 Å². The summed E-state index contributed by atoms with van der Waals surface area (Å²) >= 11 is 1.66. The number of hydrogen-bond donors (Lipinski definition) is 3. The molecule has 5 nitrogen and oxygen atoms in total. The summed E-state index contributed by atoms with van der Waals surface area (Å²) in [6.07, 6.45) is 2.19. The van der Waals surface area contributed by atoms with E-state index < -0.39 is 0 Å². The first-order valence-corrected chi connectivity index (χ1v) is 8.54. The lowest BCUT2D eigenvalue weighted by Gasteiger charge is -2.16. The van der Waals surface area contributed by atoms with Crippen molar-refractivity contribution in [1.82, 2.24) is 15.6 Å². The summed E-state index contributed by atoms with van der Waals surface area (Å²) in [5, 5.41) is 19.1. The molecule has 1 aliphatic carbocycles. The van der Waals surface area contributed by atoms with Crippen molar-refractivity contribution in [3.8, 4) is 0 Å². The highest BCUT2D eigenvalue weighted by Gasteiger charge is 2.41. The summed E-state index contributed by atoms with van der Waals surface area (Å²) in [4.78, 5) is 9.18. The standard InChI is InChI=1S/C15H26N4OS.HI/c1-4-16-14(18-9-15(10-20)5-6-15)17-7-13-19-12(8-21-13)11(2)3;/h8,11,20H,4-7,9-10H2,1-3H3,(H2,16,17,18);1H. The maximum absolute atomic E-state index is 9.35. The molecule has 1 saturated carbocycles. The first kappa shape index (κ1) is 19.6. The second kappa shape index (κ2) is 9.02. The van der Waals surface area contributed by atoms with Crippen LogP contribution >= 0.6 is 35.3 Å². The lowest BCUT2D eigenvalue weighted by Crippen LogP contribution is -2.41. The fourth-order valence-electron chi connectivity index (χ4n) is 1.99. The Bertz CT molecular complexity index is 486. The van der Waals surface area contributed by atoms with Crippen molar-refractivity contribution in [2.24, 2.45) is 10.4 Å². The number of aliphatic hydroxyl groups is 1. The van der Waals surface area contributed by atoms with Crippen molar-refractivity contribution in [1.29, 1.82) is 0 Å². The third kappa shape index (κ3) is 5.66. The molecule has 0 saturated heterocycles. The Kier molecular flexibility index (Phi) is 8.06. The van der Waals surface area contributed by atoms with Crippen LogP contribution in [0.3, 0.4) is 0 Å². The molecule has 0 unspecified atom stereocenters. The van der Waals surface area contributed by atoms with Gasteiger partial charge in [0.1, 0.15) is 5.01 Å². The van der Waals surface area contributed by atoms with Crippen molar-refractivity contribution >= 4 is 41.3 Å². The van der Waals surface area contributed by atoms with Gasteiger partial charge in [0.25, 0.3) is 0 Å². The summed E-state index contributed by atoms with van der Waals surface area (Å²) in [6, 6.07) is 0. The number of nitrogens with one attached hydrogen (secondary N) is 2. The zero-order chi connectivity index (χ0) is 15.3. The molecule has 0 atom stereocenters. The van der Waals surface area contributed by atoms with Crippen LogP contribution in [-0.2, 0) is 6.54 Å². The lowest BCUT2D eigenvalue weighted by molar-refractivity contribution is 0.212. The summed E-state index contributed by atoms with van der Waals surface area (Å²) < 4.78 is 0. The van der Waals surface area contributed by atoms with Gasteiger partial charge in [-0.05, 0) is 25.7 Å². The predicted molar refractivity (Wildman–Crippen MR) is 103 cm³/mol. The molecule has 7 heteroatoms. The molecular formula is C15H27IN4OS. The minimum atomic E-state index is 0. The first-order chi connectivity index (χ1) is 10.1. The Labute approximate surface area is 154 Å². The molecule has 1 aromatic heterocycles. The van der Waals surface area contributed by atoms with Crippen molar-refractivity contribution in [3.63, 3.8) is 0 Å². The number of guanidine groups is 1. The SMILES string of the molecule is CCNC(=NCc1nc(C(C)C)cs1)NCC1(CO)CC1.I. The monoisotopic (exact) mass is 438 g/mol. The van der Waals surface area contributed by atoms with E-state index in [1.165, 1.54) is 0 Å². The fourth-order valence-corrected chi connectivity index (χ4v) is 2.87. The van der Waals surface area contributed by atoms with E-state index in [1.54, 1.807) is 11.3 Å². The quantitative estimate of drug-likeness (QED) is 0.348. The summed E-state index contributed by atoms with van der Waals surface area (Å²) in [6.45, 7) is 8.81. The van der Waals surface area contributed by atoms with E-state index in [-0.39, 0.29) is 36.0 Å². The van der Waals surface area contributed by atoms with E-state index in [1.807, 2.05) is 0 Å². The highest BCUT2D eigenvalue weighted by molar-refractivity contribution is 14.0. The minimum Gasteiger partial charge on any atom is -0.396 e. The topological polar surface area (TPSA) is 69.5 Å². The molecule has 0 spiro atoms. The fraction of sp³-hybridized carbons (Fsp3) is 0.733. The molecule has 0 aliphatic heterocycles. The van der Waals surface area contributed by atoms with Crippen molar-refractivity contribution in [2.45, 2.75) is 46.1 Å². The number of aromatic nitrogens is 1. The minimum absolute atomic E-state index is 0. The Morgan fingerprint density at radius 2 is 2.18 bits per heavy atom. The van der Waals surface area contributed by atoms with Crippen LogP contribution in [-0.4, -0.2) is 35.7 Å². The third-order valence-electron chi connectivity index (χ3n) is 3.80. The van der Waals surface area contributed by atoms with Crippen LogP contribution in [0.5, 0.6) is 0 Å². The Morgan fingerprint density at radius 1 is 1.45 bits per heavy atom. The number of thiazole rings is 1. The van der Waals surface area contributed by atoms with Gasteiger partial charge in [0.05, 0.1) is 18.8 Å². The highest BCUT2D eigenvalue weighted by atomic mass is 127. The number of aliphatic hydroxyl groups excluding tert-OH is 1. The average molecular weight is 438 g/mol. The Balaban J connectivity index is 0.00000242. The van der Waals surface area contributed by atoms with Gasteiger partial charge in [-0.2, -0.15) is 0 Å². The normalized spacial score (nSPS) is 16.3. The largest absolute Gasteiger partial charge is 0.396 e. The van der Waals surface area contributed by atoms with E-state index >= 15 is 0 Å². The molecule has 1 aliphatic rings. The zero-order valence-electron chi connectivity index (χ0n) is 13.6. The van der Waals surface area contributed by atoms with Gasteiger partial charge in [0, 0.05) is 23.9 Å². The van der Waals surface area contributed by atoms with Crippen LogP contribution in [0.15, 0.2) is 10.4 Å². The van der Waals surface area contributed by atoms with Crippen LogP contribution in [0.25, 0.3) is 0 Å². The molecule has 0 aromatic carbocycles. The van der Waals surface area contributed by atoms with Crippen LogP contribution in [0.2, 0.25) is 0 Å². The molecular weight excluding hydrogens is 411 g/mol. The molecule has 0 bridgehead atoms. The zero-order valence-corrected chi connectivity index (χ0v) is 16.7. The molecule has 1 heterocycles. The van der Waals surface area contributed by atoms with Crippen LogP contribution in [0.4, 0.5) is 0 Å². The molecule has 1 fully saturated rings. The van der Waals surface area contributed by atoms with Gasteiger partial charge in [-0.25, -0.2) is 9.98 Å². The van der Waals surface area contributed by atoms with Gasteiger partial charge in [-0.15, -0.1) is 35.3 Å². The van der Waals surface area contributed by atoms with Crippen molar-refractivity contribution in [3.05, 3.63) is 16.1 Å². The number of nitrogens with zero attached hydrogens (tertiary/aromatic N) is 2. The van der Waals surface area contributed by atoms with E-state index in [4.69, 9.17) is 0 Å². The van der Waals surface area contributed by atoms with Gasteiger partial charge in [0.2, 0.25) is 0 Å². The molecule has 2 rings (SSSR count). The van der Waals surface area contributed by atoms with Gasteiger partial charge in [0.15, 0.2) is 5.96 Å². The second-order valence-corrected chi connectivity index (χ2v) is 6.97. The molecule has 22 heavy (non-hydrogen) atoms. The Hall–Kier alpha value is -0.410. The smallest absolute Gasteiger partial charge is 0.191 e. The van der Waals surface area contributed by atoms with Crippen molar-refractivity contribution in [2.75, 3.05) is 19.7 Å². The maximum Gasteiger partial charge on any atom is 0.191 e. The molecule has 0 radical (unpaired) electrons. The number of aliphatic imine (C=N–C) groups is 1. The molecule has 1 aromatic rings. The number of rotatable bonds is 7. The van der Waals surface area contributed by atoms with Gasteiger partial charge < -0.3 is 15.7 Å². The van der Waals surface area contributed by atoms with Crippen LogP contribution in [0, 0.1) is 5.41 Å². The predicted octanol–water partition coefficient (Wildman–Crippen LogP) is 2.71. The highest BCUT2D eigenvalue weighted by Crippen LogP contribution is 2.44. The number of hydrogen-bond acceptors (Lipinski definition) is 4. The van der Waals surface area contributed by atoms with Crippen molar-refractivity contribution < 1.29 is 5.11 Å². The van der Waals surface area contributed by atoms with E-state index in [2.05, 4.69) is 46.8 Å². The first-order valence-electron chi connectivity index (χ1n) is 7.66. The summed E-state index contributed by atoms with van der Waals surface area (Å²) in [5.41, 5.74) is 1.22. The van der Waals surface area contributed by atoms with E-state index in [0.717, 1.165) is 42.6 Å². The molecule has 3 N–H and O–H groups in total. The number of halogens is 1. The Morgan fingerprint density at radius 3 is 2.68 bits per heavy atom.